The number of benzene rings is 1. The maximum Gasteiger partial charge on any atom is 0.119 e. The lowest BCUT2D eigenvalue weighted by molar-refractivity contribution is 0.153. The number of ether oxygens (including phenoxy) is 1. The predicted octanol–water partition coefficient (Wildman–Crippen LogP) is 1.40. The van der Waals surface area contributed by atoms with Gasteiger partial charge in [-0.3, -0.25) is 4.90 Å². The normalized spacial score (nSPS) is 12.7. The second kappa shape index (κ2) is 8.08. The van der Waals surface area contributed by atoms with Crippen molar-refractivity contribution in [3.8, 4) is 5.75 Å². The molecule has 18 heavy (non-hydrogen) atoms. The Balaban J connectivity index is 2.90. The Hall–Kier alpha value is -1.10. The summed E-state index contributed by atoms with van der Waals surface area (Å²) < 4.78 is 5.24. The molecule has 4 nitrogen and oxygen atoms in total. The Morgan fingerprint density at radius 1 is 1.39 bits per heavy atom. The molecule has 1 rings (SSSR count). The fraction of sp³-hybridized carbons (Fsp3) is 0.571. The van der Waals surface area contributed by atoms with Crippen molar-refractivity contribution in [2.75, 3.05) is 33.4 Å². The van der Waals surface area contributed by atoms with E-state index in [1.54, 1.807) is 7.11 Å². The molecule has 102 valence electrons. The molecule has 1 aromatic rings. The first kappa shape index (κ1) is 15.0. The molecule has 1 unspecified atom stereocenters. The molecule has 3 N–H and O–H groups in total. The van der Waals surface area contributed by atoms with Crippen molar-refractivity contribution in [1.82, 2.24) is 4.90 Å². The molecule has 0 saturated carbocycles. The number of aliphatic hydroxyl groups excluding tert-OH is 1. The molecule has 0 aliphatic carbocycles. The van der Waals surface area contributed by atoms with Crippen molar-refractivity contribution in [3.05, 3.63) is 29.8 Å². The first-order chi connectivity index (χ1) is 8.76. The summed E-state index contributed by atoms with van der Waals surface area (Å²) in [7, 11) is 1.66. The van der Waals surface area contributed by atoms with Gasteiger partial charge in [0.15, 0.2) is 0 Å². The summed E-state index contributed by atoms with van der Waals surface area (Å²) in [6, 6.07) is 8.09. The van der Waals surface area contributed by atoms with E-state index in [4.69, 9.17) is 15.6 Å². The van der Waals surface area contributed by atoms with Gasteiger partial charge in [0.2, 0.25) is 0 Å². The standard InChI is InChI=1S/C14H24N2O2/c1-3-7-16(8-9-17)14(11-15)12-5-4-6-13(10-12)18-2/h4-6,10,14,17H,3,7-9,11,15H2,1-2H3. The summed E-state index contributed by atoms with van der Waals surface area (Å²) in [6.45, 7) is 4.39. The van der Waals surface area contributed by atoms with Crippen molar-refractivity contribution in [1.29, 1.82) is 0 Å². The molecule has 0 spiro atoms. The van der Waals surface area contributed by atoms with E-state index in [9.17, 15) is 0 Å². The molecule has 0 bridgehead atoms. The van der Waals surface area contributed by atoms with Crippen LogP contribution >= 0.6 is 0 Å². The van der Waals surface area contributed by atoms with Crippen molar-refractivity contribution in [2.45, 2.75) is 19.4 Å². The molecule has 0 heterocycles. The smallest absolute Gasteiger partial charge is 0.119 e. The summed E-state index contributed by atoms with van der Waals surface area (Å²) in [5, 5.41) is 9.15. The fourth-order valence-electron chi connectivity index (χ4n) is 2.18. The maximum absolute atomic E-state index is 9.15. The Labute approximate surface area is 109 Å². The van der Waals surface area contributed by atoms with Gasteiger partial charge in [-0.25, -0.2) is 0 Å². The third-order valence-electron chi connectivity index (χ3n) is 3.04. The average molecular weight is 252 g/mol. The molecule has 0 saturated heterocycles. The zero-order valence-corrected chi connectivity index (χ0v) is 11.3. The van der Waals surface area contributed by atoms with E-state index in [1.807, 2.05) is 18.2 Å². The van der Waals surface area contributed by atoms with Crippen LogP contribution in [0.5, 0.6) is 5.75 Å². The van der Waals surface area contributed by atoms with Crippen LogP contribution in [0.15, 0.2) is 24.3 Å². The number of nitrogens with zero attached hydrogens (tertiary/aromatic N) is 1. The predicted molar refractivity (Wildman–Crippen MR) is 73.7 cm³/mol. The molecule has 0 radical (unpaired) electrons. The topological polar surface area (TPSA) is 58.7 Å². The van der Waals surface area contributed by atoms with Gasteiger partial charge in [0.1, 0.15) is 5.75 Å². The Morgan fingerprint density at radius 2 is 2.17 bits per heavy atom. The van der Waals surface area contributed by atoms with Crippen LogP contribution in [-0.2, 0) is 0 Å². The Morgan fingerprint density at radius 3 is 2.72 bits per heavy atom. The van der Waals surface area contributed by atoms with E-state index in [0.29, 0.717) is 13.1 Å². The number of rotatable bonds is 8. The molecule has 1 atom stereocenters. The van der Waals surface area contributed by atoms with Crippen LogP contribution in [0.3, 0.4) is 0 Å². The summed E-state index contributed by atoms with van der Waals surface area (Å²) in [6.07, 6.45) is 1.04. The lowest BCUT2D eigenvalue weighted by Crippen LogP contribution is -2.36. The summed E-state index contributed by atoms with van der Waals surface area (Å²) >= 11 is 0. The van der Waals surface area contributed by atoms with Gasteiger partial charge in [-0.15, -0.1) is 0 Å². The molecule has 0 aliphatic heterocycles. The van der Waals surface area contributed by atoms with Gasteiger partial charge in [0.25, 0.3) is 0 Å². The van der Waals surface area contributed by atoms with Crippen LogP contribution in [0.2, 0.25) is 0 Å². The Bertz CT molecular complexity index is 338. The largest absolute Gasteiger partial charge is 0.497 e. The maximum atomic E-state index is 9.15. The second-order valence-electron chi connectivity index (χ2n) is 4.29. The van der Waals surface area contributed by atoms with E-state index in [-0.39, 0.29) is 12.6 Å². The van der Waals surface area contributed by atoms with Crippen molar-refractivity contribution in [2.24, 2.45) is 5.73 Å². The number of hydrogen-bond acceptors (Lipinski definition) is 4. The summed E-state index contributed by atoms with van der Waals surface area (Å²) in [5.41, 5.74) is 7.03. The first-order valence-corrected chi connectivity index (χ1v) is 6.45. The highest BCUT2D eigenvalue weighted by Crippen LogP contribution is 2.23. The van der Waals surface area contributed by atoms with Gasteiger partial charge in [-0.2, -0.15) is 0 Å². The third-order valence-corrected chi connectivity index (χ3v) is 3.04. The fourth-order valence-corrected chi connectivity index (χ4v) is 2.18. The van der Waals surface area contributed by atoms with Gasteiger partial charge in [-0.1, -0.05) is 19.1 Å². The van der Waals surface area contributed by atoms with Crippen molar-refractivity contribution in [3.63, 3.8) is 0 Å². The minimum absolute atomic E-state index is 0.132. The highest BCUT2D eigenvalue weighted by Gasteiger charge is 2.18. The number of aliphatic hydroxyl groups is 1. The van der Waals surface area contributed by atoms with Crippen LogP contribution in [0.1, 0.15) is 24.9 Å². The van der Waals surface area contributed by atoms with Gasteiger partial charge < -0.3 is 15.6 Å². The van der Waals surface area contributed by atoms with Gasteiger partial charge >= 0.3 is 0 Å². The lowest BCUT2D eigenvalue weighted by Gasteiger charge is -2.30. The highest BCUT2D eigenvalue weighted by atomic mass is 16.5. The SMILES string of the molecule is CCCN(CCO)C(CN)c1cccc(OC)c1. The minimum atomic E-state index is 0.132. The van der Waals surface area contributed by atoms with Crippen LogP contribution in [0, 0.1) is 0 Å². The Kier molecular flexibility index (Phi) is 6.72. The molecule has 0 fully saturated rings. The molecule has 4 heteroatoms. The number of methoxy groups -OCH3 is 1. The molecular formula is C14H24N2O2. The second-order valence-corrected chi connectivity index (χ2v) is 4.29. The molecule has 0 amide bonds. The molecule has 0 aromatic heterocycles. The number of hydrogen-bond donors (Lipinski definition) is 2. The third kappa shape index (κ3) is 3.98. The first-order valence-electron chi connectivity index (χ1n) is 6.45. The molecule has 0 aliphatic rings. The van der Waals surface area contributed by atoms with E-state index in [2.05, 4.69) is 17.9 Å². The minimum Gasteiger partial charge on any atom is -0.497 e. The van der Waals surface area contributed by atoms with Crippen molar-refractivity contribution >= 4 is 0 Å². The molecular weight excluding hydrogens is 228 g/mol. The van der Waals surface area contributed by atoms with Gasteiger partial charge in [-0.05, 0) is 30.7 Å². The quantitative estimate of drug-likeness (QED) is 0.734. The summed E-state index contributed by atoms with van der Waals surface area (Å²) in [5.74, 6) is 0.839. The highest BCUT2D eigenvalue weighted by molar-refractivity contribution is 5.30. The zero-order valence-electron chi connectivity index (χ0n) is 11.3. The van der Waals surface area contributed by atoms with Gasteiger partial charge in [0.05, 0.1) is 13.7 Å². The average Bonchev–Trinajstić information content (AvgIpc) is 2.40. The lowest BCUT2D eigenvalue weighted by atomic mass is 10.0. The van der Waals surface area contributed by atoms with Crippen LogP contribution in [0.25, 0.3) is 0 Å². The van der Waals surface area contributed by atoms with Crippen LogP contribution in [0.4, 0.5) is 0 Å². The van der Waals surface area contributed by atoms with E-state index < -0.39 is 0 Å². The summed E-state index contributed by atoms with van der Waals surface area (Å²) in [4.78, 5) is 2.22. The van der Waals surface area contributed by atoms with E-state index in [1.165, 1.54) is 0 Å². The van der Waals surface area contributed by atoms with E-state index in [0.717, 1.165) is 24.3 Å². The van der Waals surface area contributed by atoms with E-state index >= 15 is 0 Å². The van der Waals surface area contributed by atoms with Crippen molar-refractivity contribution < 1.29 is 9.84 Å². The number of nitrogens with two attached hydrogens (primary N) is 1. The van der Waals surface area contributed by atoms with Crippen LogP contribution in [-0.4, -0.2) is 43.4 Å². The zero-order chi connectivity index (χ0) is 13.4. The monoisotopic (exact) mass is 252 g/mol. The molecule has 1 aromatic carbocycles. The van der Waals surface area contributed by atoms with Gasteiger partial charge in [0, 0.05) is 19.1 Å². The van der Waals surface area contributed by atoms with Crippen LogP contribution < -0.4 is 10.5 Å².